The number of rotatable bonds is 7. The van der Waals surface area contributed by atoms with Gasteiger partial charge >= 0.3 is 6.03 Å². The molecule has 1 N–H and O–H groups in total. The van der Waals surface area contributed by atoms with Gasteiger partial charge in [-0.25, -0.2) is 18.0 Å². The molecule has 1 aromatic rings. The zero-order valence-corrected chi connectivity index (χ0v) is 24.4. The Kier molecular flexibility index (Phi) is 7.07. The van der Waals surface area contributed by atoms with Gasteiger partial charge in [-0.15, -0.1) is 0 Å². The summed E-state index contributed by atoms with van der Waals surface area (Å²) in [6.45, 7) is 4.04. The highest BCUT2D eigenvalue weighted by Crippen LogP contribution is 2.46. The van der Waals surface area contributed by atoms with Gasteiger partial charge in [-0.05, 0) is 83.6 Å². The van der Waals surface area contributed by atoms with Crippen LogP contribution in [0, 0.1) is 5.92 Å². The summed E-state index contributed by atoms with van der Waals surface area (Å²) in [6.07, 6.45) is 8.62. The first kappa shape index (κ1) is 27.9. The second-order valence-corrected chi connectivity index (χ2v) is 14.4. The Balaban J connectivity index is 0.994. The number of nitrogens with one attached hydrogen (secondary N) is 1. The number of piperidine rings is 2. The van der Waals surface area contributed by atoms with Crippen LogP contribution in [-0.4, -0.2) is 99.9 Å². The van der Waals surface area contributed by atoms with E-state index in [1.807, 2.05) is 6.92 Å². The fraction of sp³-hybridized carbons (Fsp3) is 0.900. The second-order valence-electron chi connectivity index (χ2n) is 14.4. The second kappa shape index (κ2) is 10.4. The van der Waals surface area contributed by atoms with Gasteiger partial charge < -0.3 is 19.6 Å². The molecule has 0 aromatic carbocycles. The van der Waals surface area contributed by atoms with Crippen molar-refractivity contribution in [1.82, 2.24) is 30.2 Å². The third-order valence-electron chi connectivity index (χ3n) is 11.3. The van der Waals surface area contributed by atoms with Crippen molar-refractivity contribution in [1.29, 1.82) is 0 Å². The number of halogens is 3. The molecular formula is C30H45F3N6O2. The number of aromatic nitrogens is 2. The van der Waals surface area contributed by atoms with Crippen LogP contribution in [0.3, 0.4) is 0 Å². The van der Waals surface area contributed by atoms with Crippen LogP contribution in [0.15, 0.2) is 4.52 Å². The van der Waals surface area contributed by atoms with Gasteiger partial charge in [0.15, 0.2) is 5.82 Å². The van der Waals surface area contributed by atoms with E-state index in [0.29, 0.717) is 75.0 Å². The Morgan fingerprint density at radius 2 is 1.76 bits per heavy atom. The average Bonchev–Trinajstić information content (AvgIpc) is 3.82. The van der Waals surface area contributed by atoms with E-state index in [9.17, 15) is 9.18 Å². The van der Waals surface area contributed by atoms with Crippen molar-refractivity contribution in [3.63, 3.8) is 0 Å². The van der Waals surface area contributed by atoms with E-state index >= 15 is 8.78 Å². The minimum absolute atomic E-state index is 0.177. The largest absolute Gasteiger partial charge is 0.339 e. The number of alkyl halides is 3. The Morgan fingerprint density at radius 1 is 1.07 bits per heavy atom. The van der Waals surface area contributed by atoms with E-state index in [4.69, 9.17) is 4.52 Å². The van der Waals surface area contributed by atoms with Crippen molar-refractivity contribution in [2.45, 2.75) is 138 Å². The van der Waals surface area contributed by atoms with Crippen LogP contribution < -0.4 is 5.32 Å². The van der Waals surface area contributed by atoms with Gasteiger partial charge in [0.1, 0.15) is 12.2 Å². The summed E-state index contributed by atoms with van der Waals surface area (Å²) in [6, 6.07) is -0.739. The van der Waals surface area contributed by atoms with E-state index in [1.165, 1.54) is 12.8 Å². The molecule has 2 unspecified atom stereocenters. The summed E-state index contributed by atoms with van der Waals surface area (Å²) in [5.74, 6) is -1.48. The molecule has 6 atom stereocenters. The molecule has 228 valence electrons. The van der Waals surface area contributed by atoms with Crippen LogP contribution in [0.5, 0.6) is 0 Å². The molecule has 2 bridgehead atoms. The number of carbonyl (C=O) groups is 1. The highest BCUT2D eigenvalue weighted by molar-refractivity contribution is 5.75. The third kappa shape index (κ3) is 5.38. The average molecular weight is 579 g/mol. The maximum Gasteiger partial charge on any atom is 0.317 e. The fourth-order valence-electron chi connectivity index (χ4n) is 8.32. The summed E-state index contributed by atoms with van der Waals surface area (Å²) in [4.78, 5) is 24.5. The number of hydrogen-bond acceptors (Lipinski definition) is 6. The molecule has 1 aromatic heterocycles. The minimum Gasteiger partial charge on any atom is -0.339 e. The van der Waals surface area contributed by atoms with Crippen molar-refractivity contribution in [2.24, 2.45) is 5.92 Å². The highest BCUT2D eigenvalue weighted by atomic mass is 19.3. The van der Waals surface area contributed by atoms with Crippen LogP contribution in [0.2, 0.25) is 0 Å². The molecule has 2 amide bonds. The zero-order valence-electron chi connectivity index (χ0n) is 24.4. The van der Waals surface area contributed by atoms with E-state index in [-0.39, 0.29) is 18.4 Å². The summed E-state index contributed by atoms with van der Waals surface area (Å²) in [5.41, 5.74) is -0.396. The smallest absolute Gasteiger partial charge is 0.317 e. The maximum atomic E-state index is 15.6. The number of urea groups is 1. The standard InChI is InChI=1S/C30H45F3N6O2/c1-29(27-35-26(41-36-27)22-16-23(22)31)10-12-38(13-11-29)28(40)34-25-24(4-3-9-30(25,32)33)39-19-7-8-20(39)15-21(14-19)37(2)17-18-5-6-18/h18-25H,3-17H2,1-2H3,(H,34,40)/t19?,20?,21?,22-,23+,24+,25-/m1/s1. The molecule has 3 aliphatic heterocycles. The predicted octanol–water partition coefficient (Wildman–Crippen LogP) is 4.85. The van der Waals surface area contributed by atoms with Crippen molar-refractivity contribution in [3.05, 3.63) is 11.7 Å². The third-order valence-corrected chi connectivity index (χ3v) is 11.3. The summed E-state index contributed by atoms with van der Waals surface area (Å²) in [5, 5.41) is 6.98. The van der Waals surface area contributed by atoms with Gasteiger partial charge in [0.05, 0.1) is 5.92 Å². The van der Waals surface area contributed by atoms with E-state index < -0.39 is 29.6 Å². The van der Waals surface area contributed by atoms with Crippen molar-refractivity contribution < 1.29 is 22.5 Å². The number of likely N-dealkylation sites (tertiary alicyclic amines) is 1. The molecular weight excluding hydrogens is 533 g/mol. The van der Waals surface area contributed by atoms with Crippen molar-refractivity contribution in [2.75, 3.05) is 26.7 Å². The molecule has 8 nitrogen and oxygen atoms in total. The maximum absolute atomic E-state index is 15.6. The molecule has 0 radical (unpaired) electrons. The molecule has 41 heavy (non-hydrogen) atoms. The van der Waals surface area contributed by atoms with Crippen LogP contribution >= 0.6 is 0 Å². The first-order chi connectivity index (χ1) is 19.6. The molecule has 3 aliphatic carbocycles. The molecule has 6 aliphatic rings. The first-order valence-electron chi connectivity index (χ1n) is 16.0. The summed E-state index contributed by atoms with van der Waals surface area (Å²) >= 11 is 0. The fourth-order valence-corrected chi connectivity index (χ4v) is 8.32. The van der Waals surface area contributed by atoms with Gasteiger partial charge in [0.2, 0.25) is 5.89 Å². The van der Waals surface area contributed by atoms with Gasteiger partial charge in [0.25, 0.3) is 5.92 Å². The molecule has 3 saturated carbocycles. The lowest BCUT2D eigenvalue weighted by Gasteiger charge is -2.51. The SMILES string of the molecule is CN(CC1CC1)C1CC2CCC(C1)N2[C@H]1CCCC(F)(F)[C@@H]1NC(=O)N1CCC(C)(c2noc([C@@H]3C[C@@H]3F)n2)CC1. The minimum atomic E-state index is -2.93. The Bertz CT molecular complexity index is 1110. The normalized spacial score (nSPS) is 38.3. The molecule has 11 heteroatoms. The van der Waals surface area contributed by atoms with Crippen LogP contribution in [0.4, 0.5) is 18.0 Å². The number of fused-ring (bicyclic) bond motifs is 2. The highest BCUT2D eigenvalue weighted by Gasteiger charge is 2.55. The number of nitrogens with zero attached hydrogens (tertiary/aromatic N) is 5. The zero-order chi connectivity index (χ0) is 28.5. The first-order valence-corrected chi connectivity index (χ1v) is 16.0. The van der Waals surface area contributed by atoms with Crippen LogP contribution in [-0.2, 0) is 5.41 Å². The van der Waals surface area contributed by atoms with E-state index in [1.54, 1.807) is 4.90 Å². The number of amides is 2. The molecule has 4 heterocycles. The molecule has 6 fully saturated rings. The van der Waals surface area contributed by atoms with Crippen LogP contribution in [0.25, 0.3) is 0 Å². The Morgan fingerprint density at radius 3 is 2.39 bits per heavy atom. The molecule has 7 rings (SSSR count). The van der Waals surface area contributed by atoms with Gasteiger partial charge in [-0.1, -0.05) is 12.1 Å². The summed E-state index contributed by atoms with van der Waals surface area (Å²) in [7, 11) is 2.24. The van der Waals surface area contributed by atoms with E-state index in [2.05, 4.69) is 32.3 Å². The lowest BCUT2D eigenvalue weighted by atomic mass is 9.79. The van der Waals surface area contributed by atoms with Crippen molar-refractivity contribution >= 4 is 6.03 Å². The molecule has 3 saturated heterocycles. The monoisotopic (exact) mass is 578 g/mol. The van der Waals surface area contributed by atoms with Crippen molar-refractivity contribution in [3.8, 4) is 0 Å². The lowest BCUT2D eigenvalue weighted by molar-refractivity contribution is -0.106. The lowest BCUT2D eigenvalue weighted by Crippen LogP contribution is -2.67. The topological polar surface area (TPSA) is 77.7 Å². The van der Waals surface area contributed by atoms with Gasteiger partial charge in [0, 0.05) is 55.6 Å². The van der Waals surface area contributed by atoms with Gasteiger partial charge in [-0.3, -0.25) is 4.90 Å². The Labute approximate surface area is 240 Å². The number of carbonyl (C=O) groups excluding carboxylic acids is 1. The molecule has 0 spiro atoms. The predicted molar refractivity (Wildman–Crippen MR) is 147 cm³/mol. The van der Waals surface area contributed by atoms with Gasteiger partial charge in [-0.2, -0.15) is 4.98 Å². The number of hydrogen-bond donors (Lipinski definition) is 1. The quantitative estimate of drug-likeness (QED) is 0.499. The van der Waals surface area contributed by atoms with Crippen LogP contribution in [0.1, 0.15) is 102 Å². The van der Waals surface area contributed by atoms with E-state index in [0.717, 1.165) is 38.1 Å². The summed E-state index contributed by atoms with van der Waals surface area (Å²) < 4.78 is 49.9. The Hall–Kier alpha value is -1.88.